The molecule has 2 aromatic rings. The van der Waals surface area contributed by atoms with E-state index in [-0.39, 0.29) is 30.5 Å². The molecule has 1 aliphatic heterocycles. The van der Waals surface area contributed by atoms with E-state index in [1.165, 1.54) is 18.2 Å². The number of aryl methyl sites for hydroxylation is 1. The van der Waals surface area contributed by atoms with Crippen molar-refractivity contribution in [2.45, 2.75) is 20.0 Å². The van der Waals surface area contributed by atoms with Crippen molar-refractivity contribution in [3.05, 3.63) is 54.1 Å². The first-order valence-corrected chi connectivity index (χ1v) is 8.15. The molecule has 7 heteroatoms. The van der Waals surface area contributed by atoms with E-state index in [2.05, 4.69) is 10.1 Å². The fraction of sp³-hybridized carbons (Fsp3) is 0.263. The highest BCUT2D eigenvalue weighted by molar-refractivity contribution is 6.03. The average molecular weight is 360 g/mol. The second-order valence-electron chi connectivity index (χ2n) is 6.14. The molecule has 2 amide bonds. The lowest BCUT2D eigenvalue weighted by Gasteiger charge is -2.17. The molecule has 1 aliphatic rings. The summed E-state index contributed by atoms with van der Waals surface area (Å²) in [6.45, 7) is -0.699. The first-order valence-electron chi connectivity index (χ1n) is 8.15. The van der Waals surface area contributed by atoms with Crippen LogP contribution in [0.15, 0.2) is 48.5 Å². The van der Waals surface area contributed by atoms with Crippen molar-refractivity contribution < 1.29 is 23.1 Å². The molecule has 1 unspecified atom stereocenters. The molecule has 136 valence electrons. The third-order valence-corrected chi connectivity index (χ3v) is 4.17. The number of carbonyl (C=O) groups excluding carboxylic acids is 2. The molecular formula is C19H18F2N2O3. The Labute approximate surface area is 149 Å². The van der Waals surface area contributed by atoms with Crippen LogP contribution in [0.5, 0.6) is 5.75 Å². The van der Waals surface area contributed by atoms with Gasteiger partial charge in [0.05, 0.1) is 5.92 Å². The summed E-state index contributed by atoms with van der Waals surface area (Å²) in [5.41, 5.74) is 2.18. The molecule has 3 rings (SSSR count). The molecular weight excluding hydrogens is 342 g/mol. The predicted molar refractivity (Wildman–Crippen MR) is 93.3 cm³/mol. The van der Waals surface area contributed by atoms with E-state index in [1.54, 1.807) is 11.0 Å². The number of ether oxygens (including phenoxy) is 1. The number of carbonyl (C=O) groups is 2. The predicted octanol–water partition coefficient (Wildman–Crippen LogP) is 3.59. The number of nitrogens with one attached hydrogen (secondary N) is 1. The minimum atomic E-state index is -2.93. The number of rotatable bonds is 5. The van der Waals surface area contributed by atoms with Gasteiger partial charge in [-0.25, -0.2) is 0 Å². The van der Waals surface area contributed by atoms with Gasteiger partial charge in [0.15, 0.2) is 0 Å². The van der Waals surface area contributed by atoms with E-state index in [9.17, 15) is 18.4 Å². The van der Waals surface area contributed by atoms with Crippen LogP contribution in [-0.2, 0) is 9.59 Å². The van der Waals surface area contributed by atoms with Crippen LogP contribution >= 0.6 is 0 Å². The van der Waals surface area contributed by atoms with E-state index in [0.717, 1.165) is 11.3 Å². The Morgan fingerprint density at radius 1 is 1.23 bits per heavy atom. The van der Waals surface area contributed by atoms with Gasteiger partial charge in [-0.05, 0) is 31.2 Å². The largest absolute Gasteiger partial charge is 0.435 e. The highest BCUT2D eigenvalue weighted by Crippen LogP contribution is 2.27. The van der Waals surface area contributed by atoms with Gasteiger partial charge in [-0.15, -0.1) is 0 Å². The van der Waals surface area contributed by atoms with Gasteiger partial charge in [0.25, 0.3) is 0 Å². The average Bonchev–Trinajstić information content (AvgIpc) is 2.97. The number of benzene rings is 2. The Morgan fingerprint density at radius 3 is 2.65 bits per heavy atom. The Balaban J connectivity index is 1.66. The molecule has 1 N–H and O–H groups in total. The maximum absolute atomic E-state index is 12.4. The molecule has 1 heterocycles. The number of halogens is 2. The lowest BCUT2D eigenvalue weighted by atomic mass is 10.1. The fourth-order valence-electron chi connectivity index (χ4n) is 2.85. The third-order valence-electron chi connectivity index (χ3n) is 4.17. The molecule has 0 aromatic heterocycles. The molecule has 1 fully saturated rings. The molecule has 1 atom stereocenters. The van der Waals surface area contributed by atoms with E-state index in [1.807, 2.05) is 31.2 Å². The van der Waals surface area contributed by atoms with Crippen LogP contribution < -0.4 is 15.0 Å². The topological polar surface area (TPSA) is 58.6 Å². The fourth-order valence-corrected chi connectivity index (χ4v) is 2.85. The van der Waals surface area contributed by atoms with Gasteiger partial charge >= 0.3 is 6.61 Å². The smallest absolute Gasteiger partial charge is 0.387 e. The standard InChI is InChI=1S/C19H18F2N2O3/c1-12-5-7-15(8-6-12)23-11-13(9-17(23)24)18(25)22-14-3-2-4-16(10-14)26-19(20)21/h2-8,10,13,19H,9,11H2,1H3,(H,22,25). The summed E-state index contributed by atoms with van der Waals surface area (Å²) in [6.07, 6.45) is 0.104. The maximum Gasteiger partial charge on any atom is 0.387 e. The van der Waals surface area contributed by atoms with Crippen LogP contribution in [0.1, 0.15) is 12.0 Å². The van der Waals surface area contributed by atoms with Crippen LogP contribution in [-0.4, -0.2) is 25.0 Å². The summed E-state index contributed by atoms with van der Waals surface area (Å²) in [5, 5.41) is 2.66. The first kappa shape index (κ1) is 17.8. The zero-order valence-electron chi connectivity index (χ0n) is 14.1. The van der Waals surface area contributed by atoms with E-state index >= 15 is 0 Å². The van der Waals surface area contributed by atoms with Gasteiger partial charge in [-0.2, -0.15) is 8.78 Å². The number of nitrogens with zero attached hydrogens (tertiary/aromatic N) is 1. The lowest BCUT2D eigenvalue weighted by molar-refractivity contribution is -0.122. The van der Waals surface area contributed by atoms with Crippen molar-refractivity contribution in [1.82, 2.24) is 0 Å². The Morgan fingerprint density at radius 2 is 1.96 bits per heavy atom. The molecule has 1 saturated heterocycles. The van der Waals surface area contributed by atoms with Crippen LogP contribution in [0.3, 0.4) is 0 Å². The van der Waals surface area contributed by atoms with Gasteiger partial charge in [0, 0.05) is 30.4 Å². The second-order valence-corrected chi connectivity index (χ2v) is 6.14. The summed E-state index contributed by atoms with van der Waals surface area (Å²) in [6, 6.07) is 13.3. The van der Waals surface area contributed by atoms with Crippen molar-refractivity contribution >= 4 is 23.2 Å². The number of amides is 2. The van der Waals surface area contributed by atoms with Gasteiger partial charge in [-0.3, -0.25) is 9.59 Å². The highest BCUT2D eigenvalue weighted by Gasteiger charge is 2.35. The number of hydrogen-bond donors (Lipinski definition) is 1. The van der Waals surface area contributed by atoms with Gasteiger partial charge in [0.2, 0.25) is 11.8 Å². The Hall–Kier alpha value is -2.96. The van der Waals surface area contributed by atoms with Gasteiger partial charge in [-0.1, -0.05) is 23.8 Å². The van der Waals surface area contributed by atoms with Crippen LogP contribution in [0.2, 0.25) is 0 Å². The van der Waals surface area contributed by atoms with Crippen LogP contribution in [0.4, 0.5) is 20.2 Å². The Bertz CT molecular complexity index is 809. The van der Waals surface area contributed by atoms with Gasteiger partial charge in [0.1, 0.15) is 5.75 Å². The summed E-state index contributed by atoms with van der Waals surface area (Å²) in [7, 11) is 0. The molecule has 5 nitrogen and oxygen atoms in total. The zero-order chi connectivity index (χ0) is 18.7. The van der Waals surface area contributed by atoms with Crippen molar-refractivity contribution in [1.29, 1.82) is 0 Å². The summed E-state index contributed by atoms with van der Waals surface area (Å²) >= 11 is 0. The second kappa shape index (κ2) is 7.51. The molecule has 0 aliphatic carbocycles. The van der Waals surface area contributed by atoms with E-state index < -0.39 is 12.5 Å². The van der Waals surface area contributed by atoms with Crippen molar-refractivity contribution in [3.8, 4) is 5.75 Å². The minimum Gasteiger partial charge on any atom is -0.435 e. The monoisotopic (exact) mass is 360 g/mol. The van der Waals surface area contributed by atoms with Crippen molar-refractivity contribution in [3.63, 3.8) is 0 Å². The Kier molecular flexibility index (Phi) is 5.16. The minimum absolute atomic E-state index is 0.0402. The van der Waals surface area contributed by atoms with Crippen LogP contribution in [0, 0.1) is 12.8 Å². The lowest BCUT2D eigenvalue weighted by Crippen LogP contribution is -2.28. The normalized spacial score (nSPS) is 16.8. The highest BCUT2D eigenvalue weighted by atomic mass is 19.3. The maximum atomic E-state index is 12.4. The van der Waals surface area contributed by atoms with E-state index in [0.29, 0.717) is 5.69 Å². The molecule has 2 aromatic carbocycles. The molecule has 0 spiro atoms. The van der Waals surface area contributed by atoms with Crippen molar-refractivity contribution in [2.24, 2.45) is 5.92 Å². The molecule has 0 saturated carbocycles. The van der Waals surface area contributed by atoms with E-state index in [4.69, 9.17) is 0 Å². The first-order chi connectivity index (χ1) is 12.4. The molecule has 0 radical (unpaired) electrons. The van der Waals surface area contributed by atoms with Crippen LogP contribution in [0.25, 0.3) is 0 Å². The number of hydrogen-bond acceptors (Lipinski definition) is 3. The van der Waals surface area contributed by atoms with Gasteiger partial charge < -0.3 is 15.0 Å². The number of anilines is 2. The molecule has 26 heavy (non-hydrogen) atoms. The SMILES string of the molecule is Cc1ccc(N2CC(C(=O)Nc3cccc(OC(F)F)c3)CC2=O)cc1. The molecule has 0 bridgehead atoms. The zero-order valence-corrected chi connectivity index (χ0v) is 14.1. The van der Waals surface area contributed by atoms with Crippen molar-refractivity contribution in [2.75, 3.05) is 16.8 Å². The number of alkyl halides is 2. The quantitative estimate of drug-likeness (QED) is 0.887. The summed E-state index contributed by atoms with van der Waals surface area (Å²) in [4.78, 5) is 26.3. The third kappa shape index (κ3) is 4.17. The summed E-state index contributed by atoms with van der Waals surface area (Å²) in [5.74, 6) is -1.00. The summed E-state index contributed by atoms with van der Waals surface area (Å²) < 4.78 is 28.9.